The summed E-state index contributed by atoms with van der Waals surface area (Å²) in [6.07, 6.45) is 3.39. The van der Waals surface area contributed by atoms with Crippen molar-refractivity contribution in [1.29, 1.82) is 0 Å². The van der Waals surface area contributed by atoms with Gasteiger partial charge in [0.15, 0.2) is 11.5 Å². The fourth-order valence-corrected chi connectivity index (χ4v) is 4.62. The number of imidazole rings is 1. The van der Waals surface area contributed by atoms with Crippen LogP contribution in [0.2, 0.25) is 0 Å². The summed E-state index contributed by atoms with van der Waals surface area (Å²) in [5.74, 6) is -0.00605. The molecule has 1 aliphatic rings. The maximum Gasteiger partial charge on any atom is 0.387 e. The number of carboxylic acids is 1. The van der Waals surface area contributed by atoms with E-state index < -0.39 is 12.6 Å². The minimum absolute atomic E-state index is 0.0688. The molecule has 0 radical (unpaired) electrons. The van der Waals surface area contributed by atoms with Crippen LogP contribution in [0.3, 0.4) is 0 Å². The average Bonchev–Trinajstić information content (AvgIpc) is 3.17. The number of rotatable bonds is 9. The molecule has 1 aliphatic carbocycles. The molecule has 37 heavy (non-hydrogen) atoms. The van der Waals surface area contributed by atoms with Gasteiger partial charge in [-0.15, -0.1) is 0 Å². The lowest BCUT2D eigenvalue weighted by Crippen LogP contribution is -2.31. The van der Waals surface area contributed by atoms with E-state index in [1.54, 1.807) is 12.1 Å². The number of anilines is 1. The van der Waals surface area contributed by atoms with Gasteiger partial charge in [-0.1, -0.05) is 42.3 Å². The molecule has 8 nitrogen and oxygen atoms in total. The second kappa shape index (κ2) is 10.1. The Kier molecular flexibility index (Phi) is 6.73. The van der Waals surface area contributed by atoms with Crippen LogP contribution in [-0.2, 0) is 6.54 Å². The Labute approximate surface area is 212 Å². The second-order valence-electron chi connectivity index (χ2n) is 9.41. The van der Waals surface area contributed by atoms with Crippen molar-refractivity contribution in [2.75, 3.05) is 5.32 Å². The average molecular weight is 508 g/mol. The summed E-state index contributed by atoms with van der Waals surface area (Å²) < 4.78 is 31.6. The first-order valence-electron chi connectivity index (χ1n) is 12.2. The van der Waals surface area contributed by atoms with Crippen LogP contribution in [0, 0.1) is 12.8 Å². The third kappa shape index (κ3) is 5.23. The lowest BCUT2D eigenvalue weighted by molar-refractivity contribution is -0.0498. The molecule has 1 unspecified atom stereocenters. The molecular weight excluding hydrogens is 480 g/mol. The standard InChI is InChI=1S/C27H27F2N5O3/c1-15-5-3-8-19(13-15)25-33-23-21(34(25)14-17-9-11-20(12-10-17)37-27(28)29)22(31-24(32-23)26(35)36)30-16(2)18-6-4-7-18/h3,5,8-13,16,18,27H,4,6-7,14H2,1-2H3,(H,35,36)(H,30,31,32). The van der Waals surface area contributed by atoms with Crippen molar-refractivity contribution in [2.45, 2.75) is 52.3 Å². The number of fused-ring (bicyclic) bond motifs is 1. The lowest BCUT2D eigenvalue weighted by Gasteiger charge is -2.32. The first-order chi connectivity index (χ1) is 17.8. The van der Waals surface area contributed by atoms with Crippen LogP contribution in [0.4, 0.5) is 14.6 Å². The van der Waals surface area contributed by atoms with E-state index in [0.717, 1.165) is 29.5 Å². The summed E-state index contributed by atoms with van der Waals surface area (Å²) in [5, 5.41) is 13.1. The molecular formula is C27H27F2N5O3. The van der Waals surface area contributed by atoms with E-state index in [0.29, 0.717) is 29.6 Å². The van der Waals surface area contributed by atoms with Gasteiger partial charge in [0.1, 0.15) is 17.1 Å². The van der Waals surface area contributed by atoms with Crippen molar-refractivity contribution in [3.63, 3.8) is 0 Å². The van der Waals surface area contributed by atoms with Crippen molar-refractivity contribution in [1.82, 2.24) is 19.5 Å². The minimum atomic E-state index is -2.90. The van der Waals surface area contributed by atoms with E-state index >= 15 is 0 Å². The molecule has 2 heterocycles. The van der Waals surface area contributed by atoms with Crippen LogP contribution in [0.5, 0.6) is 5.75 Å². The summed E-state index contributed by atoms with van der Waals surface area (Å²) in [4.78, 5) is 25.2. The Morgan fingerprint density at radius 3 is 2.54 bits per heavy atom. The number of hydrogen-bond acceptors (Lipinski definition) is 6. The number of ether oxygens (including phenoxy) is 1. The van der Waals surface area contributed by atoms with E-state index in [9.17, 15) is 18.7 Å². The third-order valence-electron chi connectivity index (χ3n) is 6.78. The van der Waals surface area contributed by atoms with Crippen LogP contribution in [0.25, 0.3) is 22.6 Å². The Bertz CT molecular complexity index is 1430. The number of nitrogens with one attached hydrogen (secondary N) is 1. The minimum Gasteiger partial charge on any atom is -0.475 e. The summed E-state index contributed by atoms with van der Waals surface area (Å²) in [6.45, 7) is 1.48. The van der Waals surface area contributed by atoms with E-state index in [1.807, 2.05) is 35.8 Å². The van der Waals surface area contributed by atoms with Crippen LogP contribution in [0.15, 0.2) is 48.5 Å². The van der Waals surface area contributed by atoms with Gasteiger partial charge in [0.25, 0.3) is 0 Å². The number of carboxylic acid groups (broad SMARTS) is 1. The highest BCUT2D eigenvalue weighted by Crippen LogP contribution is 2.34. The van der Waals surface area contributed by atoms with Gasteiger partial charge in [0.05, 0.1) is 0 Å². The molecule has 2 N–H and O–H groups in total. The van der Waals surface area contributed by atoms with E-state index in [2.05, 4.69) is 26.9 Å². The lowest BCUT2D eigenvalue weighted by atomic mass is 9.80. The molecule has 0 amide bonds. The predicted octanol–water partition coefficient (Wildman–Crippen LogP) is 5.75. The number of aromatic carboxylic acids is 1. The number of hydrogen-bond donors (Lipinski definition) is 2. The van der Waals surface area contributed by atoms with Gasteiger partial charge in [0.2, 0.25) is 5.82 Å². The Morgan fingerprint density at radius 2 is 1.92 bits per heavy atom. The van der Waals surface area contributed by atoms with E-state index in [4.69, 9.17) is 4.98 Å². The number of aromatic nitrogens is 4. The zero-order chi connectivity index (χ0) is 26.1. The van der Waals surface area contributed by atoms with Gasteiger partial charge in [0, 0.05) is 18.2 Å². The first kappa shape index (κ1) is 24.6. The number of halogens is 2. The summed E-state index contributed by atoms with van der Waals surface area (Å²) >= 11 is 0. The number of aryl methyl sites for hydroxylation is 1. The Balaban J connectivity index is 1.65. The van der Waals surface area contributed by atoms with Gasteiger partial charge >= 0.3 is 12.6 Å². The number of nitrogens with zero attached hydrogens (tertiary/aromatic N) is 4. The summed E-state index contributed by atoms with van der Waals surface area (Å²) in [7, 11) is 0. The molecule has 0 spiro atoms. The molecule has 1 saturated carbocycles. The van der Waals surface area contributed by atoms with Crippen molar-refractivity contribution in [3.8, 4) is 17.1 Å². The maximum atomic E-state index is 12.6. The zero-order valence-corrected chi connectivity index (χ0v) is 20.5. The topological polar surface area (TPSA) is 102 Å². The number of alkyl halides is 2. The van der Waals surface area contributed by atoms with Crippen molar-refractivity contribution >= 4 is 23.0 Å². The van der Waals surface area contributed by atoms with Crippen LogP contribution < -0.4 is 10.1 Å². The molecule has 0 bridgehead atoms. The molecule has 10 heteroatoms. The first-order valence-corrected chi connectivity index (χ1v) is 12.2. The molecule has 0 saturated heterocycles. The fourth-order valence-electron chi connectivity index (χ4n) is 4.62. The molecule has 1 atom stereocenters. The normalized spacial score (nSPS) is 14.5. The van der Waals surface area contributed by atoms with Crippen molar-refractivity contribution in [3.05, 3.63) is 65.5 Å². The van der Waals surface area contributed by atoms with Gasteiger partial charge in [-0.2, -0.15) is 8.78 Å². The Hall–Kier alpha value is -4.08. The molecule has 192 valence electrons. The Morgan fingerprint density at radius 1 is 1.16 bits per heavy atom. The molecule has 5 rings (SSSR count). The van der Waals surface area contributed by atoms with Gasteiger partial charge in [-0.25, -0.2) is 19.7 Å². The molecule has 4 aromatic rings. The highest BCUT2D eigenvalue weighted by atomic mass is 19.3. The van der Waals surface area contributed by atoms with Crippen LogP contribution in [0.1, 0.15) is 47.9 Å². The molecule has 2 aromatic carbocycles. The zero-order valence-electron chi connectivity index (χ0n) is 20.5. The second-order valence-corrected chi connectivity index (χ2v) is 9.41. The third-order valence-corrected chi connectivity index (χ3v) is 6.78. The van der Waals surface area contributed by atoms with E-state index in [1.165, 1.54) is 18.6 Å². The summed E-state index contributed by atoms with van der Waals surface area (Å²) in [5.41, 5.74) is 3.55. The molecule has 0 aliphatic heterocycles. The largest absolute Gasteiger partial charge is 0.475 e. The van der Waals surface area contributed by atoms with Gasteiger partial charge < -0.3 is 19.7 Å². The van der Waals surface area contributed by atoms with E-state index in [-0.39, 0.29) is 23.3 Å². The summed E-state index contributed by atoms with van der Waals surface area (Å²) in [6, 6.07) is 14.3. The fraction of sp³-hybridized carbons (Fsp3) is 0.333. The van der Waals surface area contributed by atoms with Gasteiger partial charge in [-0.05, 0) is 56.4 Å². The smallest absolute Gasteiger partial charge is 0.387 e. The number of carbonyl (C=O) groups is 1. The highest BCUT2D eigenvalue weighted by molar-refractivity contribution is 5.92. The van der Waals surface area contributed by atoms with Crippen molar-refractivity contribution in [2.24, 2.45) is 5.92 Å². The molecule has 2 aromatic heterocycles. The van der Waals surface area contributed by atoms with Crippen molar-refractivity contribution < 1.29 is 23.4 Å². The highest BCUT2D eigenvalue weighted by Gasteiger charge is 2.27. The monoisotopic (exact) mass is 507 g/mol. The maximum absolute atomic E-state index is 12.6. The van der Waals surface area contributed by atoms with Crippen LogP contribution >= 0.6 is 0 Å². The van der Waals surface area contributed by atoms with Gasteiger partial charge in [-0.3, -0.25) is 0 Å². The quantitative estimate of drug-likeness (QED) is 0.297. The SMILES string of the molecule is Cc1cccc(-c2nc3nc(C(=O)O)nc(NC(C)C4CCC4)c3n2Cc2ccc(OC(F)F)cc2)c1. The number of benzene rings is 2. The predicted molar refractivity (Wildman–Crippen MR) is 135 cm³/mol. The van der Waals surface area contributed by atoms with Crippen LogP contribution in [-0.4, -0.2) is 43.2 Å². The molecule has 1 fully saturated rings.